The molecule has 0 saturated carbocycles. The van der Waals surface area contributed by atoms with Crippen molar-refractivity contribution in [3.63, 3.8) is 0 Å². The summed E-state index contributed by atoms with van der Waals surface area (Å²) in [5, 5.41) is 50.6. The topological polar surface area (TPSA) is 148 Å². The van der Waals surface area contributed by atoms with Gasteiger partial charge >= 0.3 is 0 Å². The Balaban J connectivity index is 2.64. The first-order valence-electron chi connectivity index (χ1n) is 5.79. The quantitative estimate of drug-likeness (QED) is 0.262. The fourth-order valence-electron chi connectivity index (χ4n) is 2.11. The molecule has 0 amide bonds. The van der Waals surface area contributed by atoms with Crippen molar-refractivity contribution in [2.45, 2.75) is 0 Å². The van der Waals surface area contributed by atoms with Gasteiger partial charge in [0.2, 0.25) is 5.75 Å². The molecule has 22 heavy (non-hydrogen) atoms. The minimum absolute atomic E-state index is 0.0886. The van der Waals surface area contributed by atoms with Crippen LogP contribution >= 0.6 is 11.3 Å². The minimum Gasteiger partial charge on any atom is -0.504 e. The maximum Gasteiger partial charge on any atom is 0.201 e. The lowest BCUT2D eigenvalue weighted by molar-refractivity contribution is 0.371. The first kappa shape index (κ1) is 13.9. The summed E-state index contributed by atoms with van der Waals surface area (Å²) in [4.78, 5) is 23.0. The van der Waals surface area contributed by atoms with E-state index in [1.807, 2.05) is 0 Å². The van der Waals surface area contributed by atoms with Crippen LogP contribution in [0.15, 0.2) is 22.1 Å². The van der Waals surface area contributed by atoms with Crippen LogP contribution in [0.4, 0.5) is 5.69 Å². The van der Waals surface area contributed by atoms with E-state index in [2.05, 4.69) is 5.18 Å². The van der Waals surface area contributed by atoms with Gasteiger partial charge in [0.25, 0.3) is 0 Å². The molecule has 8 nitrogen and oxygen atoms in total. The highest BCUT2D eigenvalue weighted by atomic mass is 32.1. The average Bonchev–Trinajstić information content (AvgIpc) is 2.50. The maximum atomic E-state index is 12.4. The van der Waals surface area contributed by atoms with Crippen molar-refractivity contribution < 1.29 is 25.5 Å². The summed E-state index contributed by atoms with van der Waals surface area (Å²) < 4.78 is -0.183. The van der Waals surface area contributed by atoms with Gasteiger partial charge < -0.3 is 25.5 Å². The molecular formula is C13H7NO7S. The second-order valence-electron chi connectivity index (χ2n) is 4.46. The molecule has 0 aliphatic carbocycles. The van der Waals surface area contributed by atoms with Crippen molar-refractivity contribution in [3.05, 3.63) is 27.3 Å². The van der Waals surface area contributed by atoms with Crippen LogP contribution in [0, 0.1) is 4.91 Å². The molecule has 0 bridgehead atoms. The Morgan fingerprint density at radius 3 is 1.95 bits per heavy atom. The number of hydrogen-bond donors (Lipinski definition) is 5. The molecule has 5 N–H and O–H groups in total. The monoisotopic (exact) mass is 321 g/mol. The predicted octanol–water partition coefficient (Wildman–Crippen LogP) is 2.34. The van der Waals surface area contributed by atoms with Gasteiger partial charge in [-0.25, -0.2) is 0 Å². The van der Waals surface area contributed by atoms with E-state index in [1.54, 1.807) is 0 Å². The summed E-state index contributed by atoms with van der Waals surface area (Å²) in [6, 6.07) is 1.96. The number of nitrogens with zero attached hydrogens (tertiary/aromatic N) is 1. The molecule has 3 aromatic rings. The lowest BCUT2D eigenvalue weighted by atomic mass is 10.1. The fourth-order valence-corrected chi connectivity index (χ4v) is 3.23. The second kappa shape index (κ2) is 4.46. The molecule has 0 aliphatic heterocycles. The molecule has 0 atom stereocenters. The van der Waals surface area contributed by atoms with Gasteiger partial charge in [-0.1, -0.05) is 0 Å². The SMILES string of the molecule is O=Nc1cc2c(=O)c3cc(O)c(O)c(O)c3sc2c(O)c1O. The van der Waals surface area contributed by atoms with Gasteiger partial charge in [-0.05, 0) is 17.3 Å². The average molecular weight is 321 g/mol. The Morgan fingerprint density at radius 2 is 1.36 bits per heavy atom. The third kappa shape index (κ3) is 1.66. The minimum atomic E-state index is -0.808. The first-order chi connectivity index (χ1) is 10.4. The van der Waals surface area contributed by atoms with E-state index in [-0.39, 0.29) is 20.2 Å². The molecule has 0 radical (unpaired) electrons. The van der Waals surface area contributed by atoms with Crippen molar-refractivity contribution >= 4 is 37.2 Å². The van der Waals surface area contributed by atoms with Crippen LogP contribution in [-0.4, -0.2) is 25.5 Å². The van der Waals surface area contributed by atoms with Gasteiger partial charge in [0.05, 0.1) is 9.40 Å². The molecule has 3 rings (SSSR count). The Bertz CT molecular complexity index is 1020. The summed E-state index contributed by atoms with van der Waals surface area (Å²) in [7, 11) is 0. The Labute approximate surface area is 124 Å². The molecule has 1 aromatic heterocycles. The van der Waals surface area contributed by atoms with E-state index in [0.717, 1.165) is 12.1 Å². The summed E-state index contributed by atoms with van der Waals surface area (Å²) >= 11 is 0.700. The van der Waals surface area contributed by atoms with Gasteiger partial charge in [-0.3, -0.25) is 4.79 Å². The third-order valence-corrected chi connectivity index (χ3v) is 4.44. The molecule has 0 spiro atoms. The van der Waals surface area contributed by atoms with E-state index in [0.29, 0.717) is 11.3 Å². The van der Waals surface area contributed by atoms with Gasteiger partial charge in [0, 0.05) is 10.8 Å². The normalized spacial score (nSPS) is 11.1. The van der Waals surface area contributed by atoms with Crippen LogP contribution in [-0.2, 0) is 0 Å². The lowest BCUT2D eigenvalue weighted by Gasteiger charge is -2.08. The number of phenolic OH excluding ortho intramolecular Hbond substituents is 5. The third-order valence-electron chi connectivity index (χ3n) is 3.21. The maximum absolute atomic E-state index is 12.4. The summed E-state index contributed by atoms with van der Waals surface area (Å²) in [5.41, 5.74) is -1.23. The molecule has 2 aromatic carbocycles. The second-order valence-corrected chi connectivity index (χ2v) is 5.48. The summed E-state index contributed by atoms with van der Waals surface area (Å²) in [6.45, 7) is 0. The molecule has 9 heteroatoms. The number of fused-ring (bicyclic) bond motifs is 2. The highest BCUT2D eigenvalue weighted by molar-refractivity contribution is 7.25. The molecule has 0 unspecified atom stereocenters. The van der Waals surface area contributed by atoms with Gasteiger partial charge in [0.15, 0.2) is 34.1 Å². The zero-order chi connectivity index (χ0) is 16.2. The standard InChI is InChI=1S/C13H7NO7S/c15-6-2-4-7(16)3-1-5(14-21)8(17)10(19)12(3)22-13(4)11(20)9(6)18/h1-2,15,17-20H. The number of phenols is 5. The molecule has 0 saturated heterocycles. The van der Waals surface area contributed by atoms with Crippen LogP contribution in [0.3, 0.4) is 0 Å². The van der Waals surface area contributed by atoms with Crippen molar-refractivity contribution in [2.24, 2.45) is 5.18 Å². The Hall–Kier alpha value is -3.07. The van der Waals surface area contributed by atoms with E-state index >= 15 is 0 Å². The fraction of sp³-hybridized carbons (Fsp3) is 0. The van der Waals surface area contributed by atoms with E-state index in [9.17, 15) is 35.2 Å². The van der Waals surface area contributed by atoms with Crippen LogP contribution in [0.25, 0.3) is 20.2 Å². The molecular weight excluding hydrogens is 314 g/mol. The zero-order valence-electron chi connectivity index (χ0n) is 10.6. The highest BCUT2D eigenvalue weighted by Crippen LogP contribution is 2.47. The zero-order valence-corrected chi connectivity index (χ0v) is 11.4. The molecule has 0 aliphatic rings. The Morgan fingerprint density at radius 1 is 0.818 bits per heavy atom. The number of rotatable bonds is 1. The van der Waals surface area contributed by atoms with Gasteiger partial charge in [-0.15, -0.1) is 16.2 Å². The number of hydrogen-bond acceptors (Lipinski definition) is 9. The summed E-state index contributed by atoms with van der Waals surface area (Å²) in [6.07, 6.45) is 0. The number of nitroso groups, excluding NO2 is 1. The highest BCUT2D eigenvalue weighted by Gasteiger charge is 2.20. The smallest absolute Gasteiger partial charge is 0.201 e. The van der Waals surface area contributed by atoms with Crippen LogP contribution < -0.4 is 5.43 Å². The van der Waals surface area contributed by atoms with Crippen molar-refractivity contribution in [3.8, 4) is 28.7 Å². The van der Waals surface area contributed by atoms with Crippen molar-refractivity contribution in [2.75, 3.05) is 0 Å². The molecule has 112 valence electrons. The number of aromatic hydroxyl groups is 5. The summed E-state index contributed by atoms with van der Waals surface area (Å²) in [5.74, 6) is -3.75. The largest absolute Gasteiger partial charge is 0.504 e. The van der Waals surface area contributed by atoms with Crippen LogP contribution in [0.1, 0.15) is 0 Å². The lowest BCUT2D eigenvalue weighted by Crippen LogP contribution is -2.01. The van der Waals surface area contributed by atoms with E-state index in [4.69, 9.17) is 0 Å². The van der Waals surface area contributed by atoms with Crippen molar-refractivity contribution in [1.29, 1.82) is 0 Å². The molecule has 0 fully saturated rings. The van der Waals surface area contributed by atoms with Crippen LogP contribution in [0.5, 0.6) is 28.7 Å². The van der Waals surface area contributed by atoms with Crippen molar-refractivity contribution in [1.82, 2.24) is 0 Å². The first-order valence-corrected chi connectivity index (χ1v) is 6.61. The van der Waals surface area contributed by atoms with Gasteiger partial charge in [0.1, 0.15) is 0 Å². The van der Waals surface area contributed by atoms with E-state index in [1.165, 1.54) is 0 Å². The van der Waals surface area contributed by atoms with E-state index < -0.39 is 39.9 Å². The predicted molar refractivity (Wildman–Crippen MR) is 79.4 cm³/mol. The number of benzene rings is 2. The van der Waals surface area contributed by atoms with Gasteiger partial charge in [-0.2, -0.15) is 0 Å². The Kier molecular flexibility index (Phi) is 2.82. The molecule has 1 heterocycles. The van der Waals surface area contributed by atoms with Crippen LogP contribution in [0.2, 0.25) is 0 Å².